The molecular weight excluding hydrogens is 370 g/mol. The maximum Gasteiger partial charge on any atom is 0.248 e. The van der Waals surface area contributed by atoms with E-state index < -0.39 is 0 Å². The fourth-order valence-electron chi connectivity index (χ4n) is 3.01. The highest BCUT2D eigenvalue weighted by atomic mass is 35.5. The van der Waals surface area contributed by atoms with Crippen LogP contribution in [0.15, 0.2) is 54.6 Å². The number of hydrogen-bond acceptors (Lipinski definition) is 3. The summed E-state index contributed by atoms with van der Waals surface area (Å²) in [5.41, 5.74) is 4.71. The number of carbonyl (C=O) groups is 1. The van der Waals surface area contributed by atoms with Gasteiger partial charge in [-0.25, -0.2) is 0 Å². The lowest BCUT2D eigenvalue weighted by molar-refractivity contribution is -0.111. The predicted molar refractivity (Wildman–Crippen MR) is 119 cm³/mol. The number of rotatable bonds is 7. The summed E-state index contributed by atoms with van der Waals surface area (Å²) in [6, 6.07) is 15.2. The number of nitrogens with zero attached hydrogens (tertiary/aromatic N) is 1. The number of aromatic nitrogens is 1. The zero-order valence-corrected chi connectivity index (χ0v) is 16.9. The van der Waals surface area contributed by atoms with Crippen molar-refractivity contribution in [2.45, 2.75) is 26.7 Å². The maximum absolute atomic E-state index is 12.3. The Kier molecular flexibility index (Phi) is 6.66. The quantitative estimate of drug-likeness (QED) is 0.489. The number of halogens is 1. The van der Waals surface area contributed by atoms with Crippen LogP contribution in [-0.4, -0.2) is 17.4 Å². The average molecular weight is 394 g/mol. The van der Waals surface area contributed by atoms with Crippen LogP contribution in [0.25, 0.3) is 17.0 Å². The van der Waals surface area contributed by atoms with Crippen LogP contribution in [0.1, 0.15) is 31.5 Å². The van der Waals surface area contributed by atoms with Gasteiger partial charge in [0.15, 0.2) is 0 Å². The molecule has 2 aromatic carbocycles. The molecular formula is C23H24ClN3O. The molecule has 0 bridgehead atoms. The minimum absolute atomic E-state index is 0.185. The van der Waals surface area contributed by atoms with Crippen molar-refractivity contribution in [1.29, 1.82) is 0 Å². The first-order valence-electron chi connectivity index (χ1n) is 9.51. The Morgan fingerprint density at radius 1 is 1.11 bits per heavy atom. The second kappa shape index (κ2) is 9.38. The standard InChI is InChI=1S/C23H24ClN3O/c1-3-5-18-15-22(25-4-2)20-14-19(11-12-21(20)26-18)27-23(28)13-8-16-6-9-17(24)10-7-16/h6-15H,3-5H2,1-2H3,(H,25,26)(H,27,28)/b13-8+. The molecule has 28 heavy (non-hydrogen) atoms. The zero-order chi connectivity index (χ0) is 19.9. The van der Waals surface area contributed by atoms with Crippen LogP contribution in [0.3, 0.4) is 0 Å². The van der Waals surface area contributed by atoms with Gasteiger partial charge in [-0.3, -0.25) is 9.78 Å². The Labute approximate surface area is 170 Å². The van der Waals surface area contributed by atoms with Crippen molar-refractivity contribution in [2.24, 2.45) is 0 Å². The molecule has 1 aromatic heterocycles. The van der Waals surface area contributed by atoms with Crippen LogP contribution in [0, 0.1) is 0 Å². The second-order valence-corrected chi connectivity index (χ2v) is 6.98. The van der Waals surface area contributed by atoms with Crippen molar-refractivity contribution in [3.05, 3.63) is 70.9 Å². The van der Waals surface area contributed by atoms with E-state index in [9.17, 15) is 4.79 Å². The summed E-state index contributed by atoms with van der Waals surface area (Å²) in [6.07, 6.45) is 5.27. The summed E-state index contributed by atoms with van der Waals surface area (Å²) in [7, 11) is 0. The summed E-state index contributed by atoms with van der Waals surface area (Å²) >= 11 is 5.88. The molecule has 0 aliphatic rings. The van der Waals surface area contributed by atoms with Crippen LogP contribution in [0.4, 0.5) is 11.4 Å². The van der Waals surface area contributed by atoms with E-state index in [1.165, 1.54) is 6.08 Å². The number of fused-ring (bicyclic) bond motifs is 1. The van der Waals surface area contributed by atoms with Crippen molar-refractivity contribution in [1.82, 2.24) is 4.98 Å². The van der Waals surface area contributed by atoms with Gasteiger partial charge in [-0.05, 0) is 61.4 Å². The van der Waals surface area contributed by atoms with E-state index in [0.717, 1.165) is 52.9 Å². The third-order valence-electron chi connectivity index (χ3n) is 4.30. The monoisotopic (exact) mass is 393 g/mol. The number of hydrogen-bond donors (Lipinski definition) is 2. The molecule has 0 unspecified atom stereocenters. The van der Waals surface area contributed by atoms with Gasteiger partial charge in [-0.1, -0.05) is 37.1 Å². The summed E-state index contributed by atoms with van der Waals surface area (Å²) in [6.45, 7) is 5.04. The molecule has 0 spiro atoms. The third-order valence-corrected chi connectivity index (χ3v) is 4.55. The van der Waals surface area contributed by atoms with E-state index in [-0.39, 0.29) is 5.91 Å². The Balaban J connectivity index is 1.80. The maximum atomic E-state index is 12.3. The third kappa shape index (κ3) is 5.11. The van der Waals surface area contributed by atoms with Crippen LogP contribution >= 0.6 is 11.6 Å². The second-order valence-electron chi connectivity index (χ2n) is 6.55. The van der Waals surface area contributed by atoms with Crippen LogP contribution < -0.4 is 10.6 Å². The zero-order valence-electron chi connectivity index (χ0n) is 16.1. The SMILES string of the molecule is CCCc1cc(NCC)c2cc(NC(=O)/C=C/c3ccc(Cl)cc3)ccc2n1. The molecule has 0 aliphatic heterocycles. The van der Waals surface area contributed by atoms with Gasteiger partial charge in [0, 0.05) is 40.1 Å². The Bertz CT molecular complexity index is 997. The van der Waals surface area contributed by atoms with Crippen molar-refractivity contribution in [2.75, 3.05) is 17.2 Å². The van der Waals surface area contributed by atoms with Gasteiger partial charge >= 0.3 is 0 Å². The van der Waals surface area contributed by atoms with Gasteiger partial charge in [0.25, 0.3) is 0 Å². The molecule has 3 aromatic rings. The first-order chi connectivity index (χ1) is 13.6. The molecule has 1 heterocycles. The van der Waals surface area contributed by atoms with E-state index in [4.69, 9.17) is 16.6 Å². The largest absolute Gasteiger partial charge is 0.385 e. The Morgan fingerprint density at radius 3 is 2.61 bits per heavy atom. The Hall–Kier alpha value is -2.85. The lowest BCUT2D eigenvalue weighted by atomic mass is 10.1. The number of aryl methyl sites for hydroxylation is 1. The molecule has 0 aliphatic carbocycles. The van der Waals surface area contributed by atoms with Crippen molar-refractivity contribution >= 4 is 45.9 Å². The first-order valence-corrected chi connectivity index (χ1v) is 9.89. The summed E-state index contributed by atoms with van der Waals surface area (Å²) in [5, 5.41) is 7.99. The summed E-state index contributed by atoms with van der Waals surface area (Å²) in [5.74, 6) is -0.185. The summed E-state index contributed by atoms with van der Waals surface area (Å²) < 4.78 is 0. The summed E-state index contributed by atoms with van der Waals surface area (Å²) in [4.78, 5) is 17.0. The van der Waals surface area contributed by atoms with Gasteiger partial charge < -0.3 is 10.6 Å². The topological polar surface area (TPSA) is 54.0 Å². The minimum atomic E-state index is -0.185. The number of anilines is 2. The first kappa shape index (κ1) is 19.9. The number of carbonyl (C=O) groups excluding carboxylic acids is 1. The molecule has 0 fully saturated rings. The molecule has 0 atom stereocenters. The van der Waals surface area contributed by atoms with Crippen molar-refractivity contribution < 1.29 is 4.79 Å². The average Bonchev–Trinajstić information content (AvgIpc) is 2.68. The highest BCUT2D eigenvalue weighted by Crippen LogP contribution is 2.27. The molecule has 0 saturated carbocycles. The van der Waals surface area contributed by atoms with Crippen LogP contribution in [-0.2, 0) is 11.2 Å². The number of pyridine rings is 1. The lowest BCUT2D eigenvalue weighted by Crippen LogP contribution is -2.08. The highest BCUT2D eigenvalue weighted by Gasteiger charge is 2.07. The van der Waals surface area contributed by atoms with Gasteiger partial charge in [-0.15, -0.1) is 0 Å². The van der Waals surface area contributed by atoms with Gasteiger partial charge in [-0.2, -0.15) is 0 Å². The highest BCUT2D eigenvalue weighted by molar-refractivity contribution is 6.30. The molecule has 4 nitrogen and oxygen atoms in total. The number of nitrogens with one attached hydrogen (secondary N) is 2. The van der Waals surface area contributed by atoms with E-state index in [1.807, 2.05) is 30.3 Å². The fourth-order valence-corrected chi connectivity index (χ4v) is 3.14. The smallest absolute Gasteiger partial charge is 0.248 e. The van der Waals surface area contributed by atoms with Crippen LogP contribution in [0.5, 0.6) is 0 Å². The molecule has 144 valence electrons. The fraction of sp³-hybridized carbons (Fsp3) is 0.217. The van der Waals surface area contributed by atoms with Crippen molar-refractivity contribution in [3.8, 4) is 0 Å². The van der Waals surface area contributed by atoms with E-state index in [2.05, 4.69) is 30.5 Å². The number of benzene rings is 2. The van der Waals surface area contributed by atoms with Gasteiger partial charge in [0.2, 0.25) is 5.91 Å². The lowest BCUT2D eigenvalue weighted by Gasteiger charge is -2.12. The molecule has 3 rings (SSSR count). The van der Waals surface area contributed by atoms with Crippen LogP contribution in [0.2, 0.25) is 5.02 Å². The van der Waals surface area contributed by atoms with Gasteiger partial charge in [0.05, 0.1) is 5.52 Å². The molecule has 5 heteroatoms. The number of amides is 1. The van der Waals surface area contributed by atoms with E-state index in [0.29, 0.717) is 5.02 Å². The van der Waals surface area contributed by atoms with Crippen molar-refractivity contribution in [3.63, 3.8) is 0 Å². The predicted octanol–water partition coefficient (Wildman–Crippen LogP) is 5.92. The molecule has 0 saturated heterocycles. The van der Waals surface area contributed by atoms with E-state index in [1.54, 1.807) is 18.2 Å². The molecule has 1 amide bonds. The molecule has 2 N–H and O–H groups in total. The minimum Gasteiger partial charge on any atom is -0.385 e. The Morgan fingerprint density at radius 2 is 1.89 bits per heavy atom. The normalized spacial score (nSPS) is 11.1. The molecule has 0 radical (unpaired) electrons. The van der Waals surface area contributed by atoms with Gasteiger partial charge in [0.1, 0.15) is 0 Å². The van der Waals surface area contributed by atoms with E-state index >= 15 is 0 Å².